The van der Waals surface area contributed by atoms with Gasteiger partial charge in [0.05, 0.1) is 49.4 Å². The molecular formula is C54H68N8O6. The first-order valence-corrected chi connectivity index (χ1v) is 24.7. The Kier molecular flexibility index (Phi) is 12.9. The van der Waals surface area contributed by atoms with E-state index in [2.05, 4.69) is 89.4 Å². The van der Waals surface area contributed by atoms with Gasteiger partial charge in [0.15, 0.2) is 0 Å². The molecule has 0 radical (unpaired) electrons. The van der Waals surface area contributed by atoms with Crippen molar-refractivity contribution in [3.05, 3.63) is 83.3 Å². The van der Waals surface area contributed by atoms with Gasteiger partial charge in [0, 0.05) is 18.7 Å². The molecule has 3 aromatic carbocycles. The number of alkyl carbamates (subject to hydrolysis) is 2. The van der Waals surface area contributed by atoms with E-state index in [9.17, 15) is 19.2 Å². The lowest BCUT2D eigenvalue weighted by atomic mass is 9.82. The highest BCUT2D eigenvalue weighted by molar-refractivity contribution is 5.98. The molecule has 5 aliphatic rings. The zero-order chi connectivity index (χ0) is 48.1. The van der Waals surface area contributed by atoms with Crippen molar-refractivity contribution in [2.75, 3.05) is 27.3 Å². The average Bonchev–Trinajstić information content (AvgIpc) is 4.19. The first-order valence-electron chi connectivity index (χ1n) is 24.7. The number of amides is 4. The van der Waals surface area contributed by atoms with Crippen molar-refractivity contribution in [3.8, 4) is 33.5 Å². The number of likely N-dealkylation sites (tertiary alicyclic amines) is 2. The maximum absolute atomic E-state index is 14.0. The zero-order valence-corrected chi connectivity index (χ0v) is 41.0. The zero-order valence-electron chi connectivity index (χ0n) is 41.0. The lowest BCUT2D eigenvalue weighted by molar-refractivity contribution is -0.135. The van der Waals surface area contributed by atoms with Crippen LogP contribution in [0.1, 0.15) is 121 Å². The lowest BCUT2D eigenvalue weighted by Gasteiger charge is -2.38. The molecule has 14 heteroatoms. The minimum Gasteiger partial charge on any atom is -0.453 e. The van der Waals surface area contributed by atoms with Crippen LogP contribution in [0, 0.1) is 17.3 Å². The summed E-state index contributed by atoms with van der Waals surface area (Å²) >= 11 is 0. The Bertz CT molecular complexity index is 2610. The summed E-state index contributed by atoms with van der Waals surface area (Å²) in [7, 11) is 2.62. The van der Waals surface area contributed by atoms with E-state index in [0.717, 1.165) is 78.3 Å². The van der Waals surface area contributed by atoms with Crippen molar-refractivity contribution in [1.82, 2.24) is 35.7 Å². The standard InChI is InChI=1S/C54H68N8O6/c1-31(2)45(58-51(65)67-7)49(63)61-25-11-13-43(61)47-55-30-42(57-47)34-17-15-33(16-18-34)36-20-21-37(39-29-54(28-38(36)39)23-9-10-24-54)35-19-22-40-41(27-35)56-48(60-53(40,5)6)44-14-12-26-62(44)50(64)46(32(3)4)59-52(66)68-8/h15-22,27,30-32,43-46H,9-14,23-26,28-29H2,1-8H3,(H,55,57)(H,56,60)(H,58,65)(H,59,66)/t43-,44-,45-,46-/m0/s1. The minimum absolute atomic E-state index is 0.106. The maximum atomic E-state index is 14.0. The third-order valence-corrected chi connectivity index (χ3v) is 15.5. The fraction of sp³-hybridized carbons (Fsp3) is 0.519. The van der Waals surface area contributed by atoms with Gasteiger partial charge in [-0.3, -0.25) is 9.59 Å². The van der Waals surface area contributed by atoms with E-state index in [0.29, 0.717) is 13.1 Å². The van der Waals surface area contributed by atoms with Gasteiger partial charge in [0.1, 0.15) is 23.7 Å². The third kappa shape index (κ3) is 8.86. The quantitative estimate of drug-likeness (QED) is 0.115. The molecule has 14 nitrogen and oxygen atoms in total. The second-order valence-corrected chi connectivity index (χ2v) is 21.0. The number of nitrogens with zero attached hydrogens (tertiary/aromatic N) is 4. The largest absolute Gasteiger partial charge is 0.453 e. The van der Waals surface area contributed by atoms with Gasteiger partial charge >= 0.3 is 12.2 Å². The van der Waals surface area contributed by atoms with Crippen LogP contribution in [0.5, 0.6) is 0 Å². The summed E-state index contributed by atoms with van der Waals surface area (Å²) in [6.07, 6.45) is 11.1. The Balaban J connectivity index is 0.989. The van der Waals surface area contributed by atoms with Gasteiger partial charge in [-0.25, -0.2) is 19.6 Å². The number of imidazole rings is 1. The maximum Gasteiger partial charge on any atom is 0.407 e. The number of benzene rings is 3. The molecule has 4 aromatic rings. The molecule has 4 amide bonds. The number of carbonyl (C=O) groups excluding carboxylic acids is 4. The molecule has 68 heavy (non-hydrogen) atoms. The molecule has 0 bridgehead atoms. The Morgan fingerprint density at radius 2 is 1.24 bits per heavy atom. The fourth-order valence-electron chi connectivity index (χ4n) is 11.8. The predicted molar refractivity (Wildman–Crippen MR) is 263 cm³/mol. The van der Waals surface area contributed by atoms with Crippen LogP contribution in [-0.4, -0.2) is 95.0 Å². The number of nitrogens with one attached hydrogen (secondary N) is 4. The van der Waals surface area contributed by atoms with Crippen LogP contribution < -0.4 is 16.0 Å². The van der Waals surface area contributed by atoms with Crippen molar-refractivity contribution in [2.24, 2.45) is 22.2 Å². The van der Waals surface area contributed by atoms with E-state index in [4.69, 9.17) is 19.5 Å². The second-order valence-electron chi connectivity index (χ2n) is 21.0. The van der Waals surface area contributed by atoms with Crippen LogP contribution in [0.4, 0.5) is 15.3 Å². The van der Waals surface area contributed by atoms with Gasteiger partial charge in [0.2, 0.25) is 11.8 Å². The van der Waals surface area contributed by atoms with Crippen molar-refractivity contribution < 1.29 is 28.7 Å². The van der Waals surface area contributed by atoms with E-state index in [1.165, 1.54) is 67.7 Å². The number of amidine groups is 1. The molecule has 2 aliphatic carbocycles. The number of rotatable bonds is 11. The SMILES string of the molecule is COC(=O)N[C@H](C(=O)N1CCC[C@H]1C1=Nc2cc(-c3ccc(-c4ccc(-c5cnc([C@@H]6CCCN6C(=O)[C@@H](NC(=O)OC)C(C)C)[nH]5)cc4)c4c3CC3(CCCC3)C4)ccc2C(C)(C)N1)C(C)C. The number of methoxy groups -OCH3 is 2. The van der Waals surface area contributed by atoms with E-state index in [1.54, 1.807) is 0 Å². The van der Waals surface area contributed by atoms with E-state index in [-0.39, 0.29) is 41.1 Å². The smallest absolute Gasteiger partial charge is 0.407 e. The van der Waals surface area contributed by atoms with Gasteiger partial charge in [-0.05, 0) is 127 Å². The third-order valence-electron chi connectivity index (χ3n) is 15.5. The fourth-order valence-corrected chi connectivity index (χ4v) is 11.8. The Labute approximate surface area is 400 Å². The van der Waals surface area contributed by atoms with Crippen LogP contribution >= 0.6 is 0 Å². The summed E-state index contributed by atoms with van der Waals surface area (Å²) in [5.74, 6) is 1.06. The number of hydrogen-bond acceptors (Lipinski definition) is 9. The first-order chi connectivity index (χ1) is 32.6. The molecule has 3 aliphatic heterocycles. The number of aromatic nitrogens is 2. The molecule has 4 N–H and O–H groups in total. The lowest BCUT2D eigenvalue weighted by Crippen LogP contribution is -2.57. The highest BCUT2D eigenvalue weighted by atomic mass is 16.5. The average molecular weight is 925 g/mol. The Morgan fingerprint density at radius 1 is 0.706 bits per heavy atom. The summed E-state index contributed by atoms with van der Waals surface area (Å²) in [5, 5.41) is 9.22. The summed E-state index contributed by atoms with van der Waals surface area (Å²) < 4.78 is 9.68. The number of aromatic amines is 1. The highest BCUT2D eigenvalue weighted by Crippen LogP contribution is 2.53. The molecule has 3 fully saturated rings. The summed E-state index contributed by atoms with van der Waals surface area (Å²) in [5.41, 5.74) is 11.5. The predicted octanol–water partition coefficient (Wildman–Crippen LogP) is 9.35. The van der Waals surface area contributed by atoms with Crippen LogP contribution in [0.15, 0.2) is 65.8 Å². The molecule has 4 atom stereocenters. The number of fused-ring (bicyclic) bond motifs is 2. The number of aliphatic imine (C=N–C) groups is 1. The molecule has 360 valence electrons. The first kappa shape index (κ1) is 46.9. The molecule has 1 spiro atoms. The Morgan fingerprint density at radius 3 is 1.81 bits per heavy atom. The summed E-state index contributed by atoms with van der Waals surface area (Å²) in [6, 6.07) is 18.3. The van der Waals surface area contributed by atoms with Gasteiger partial charge in [-0.2, -0.15) is 0 Å². The van der Waals surface area contributed by atoms with Gasteiger partial charge < -0.3 is 40.2 Å². The van der Waals surface area contributed by atoms with Gasteiger partial charge in [0.25, 0.3) is 0 Å². The molecule has 1 aromatic heterocycles. The van der Waals surface area contributed by atoms with Crippen LogP contribution in [-0.2, 0) is 37.4 Å². The van der Waals surface area contributed by atoms with Crippen molar-refractivity contribution in [1.29, 1.82) is 0 Å². The number of carbonyl (C=O) groups is 4. The summed E-state index contributed by atoms with van der Waals surface area (Å²) in [4.78, 5) is 69.5. The summed E-state index contributed by atoms with van der Waals surface area (Å²) in [6.45, 7) is 13.2. The number of ether oxygens (including phenoxy) is 2. The molecule has 1 saturated carbocycles. The van der Waals surface area contributed by atoms with Crippen molar-refractivity contribution in [3.63, 3.8) is 0 Å². The van der Waals surface area contributed by atoms with Crippen molar-refractivity contribution in [2.45, 2.75) is 135 Å². The number of hydrogen-bond donors (Lipinski definition) is 4. The normalized spacial score (nSPS) is 21.0. The van der Waals surface area contributed by atoms with Gasteiger partial charge in [-0.1, -0.05) is 89.1 Å². The van der Waals surface area contributed by atoms with Crippen LogP contribution in [0.25, 0.3) is 33.5 Å². The molecule has 4 heterocycles. The van der Waals surface area contributed by atoms with E-state index < -0.39 is 29.8 Å². The van der Waals surface area contributed by atoms with Crippen LogP contribution in [0.3, 0.4) is 0 Å². The monoisotopic (exact) mass is 925 g/mol. The van der Waals surface area contributed by atoms with E-state index in [1.807, 2.05) is 43.7 Å². The molecular weight excluding hydrogens is 857 g/mol. The highest BCUT2D eigenvalue weighted by Gasteiger charge is 2.44. The van der Waals surface area contributed by atoms with Crippen molar-refractivity contribution >= 4 is 35.5 Å². The number of H-pyrrole nitrogens is 1. The molecule has 0 unspecified atom stereocenters. The molecule has 2 saturated heterocycles. The Hall–Kier alpha value is -6.18. The minimum atomic E-state index is -0.702. The van der Waals surface area contributed by atoms with Crippen LogP contribution in [0.2, 0.25) is 0 Å². The molecule has 9 rings (SSSR count). The van der Waals surface area contributed by atoms with Gasteiger partial charge in [-0.15, -0.1) is 0 Å². The topological polar surface area (TPSA) is 170 Å². The van der Waals surface area contributed by atoms with E-state index >= 15 is 0 Å². The second kappa shape index (κ2) is 18.7.